The molecule has 0 atom stereocenters. The highest BCUT2D eigenvalue weighted by Gasteiger charge is 2.42. The molecule has 2 aliphatic rings. The van der Waals surface area contributed by atoms with Gasteiger partial charge in [0.15, 0.2) is 0 Å². The molecule has 1 fully saturated rings. The van der Waals surface area contributed by atoms with Crippen molar-refractivity contribution in [2.45, 2.75) is 24.7 Å². The zero-order valence-corrected chi connectivity index (χ0v) is 17.4. The second kappa shape index (κ2) is 7.70. The molecule has 2 N–H and O–H groups in total. The highest BCUT2D eigenvalue weighted by Crippen LogP contribution is 2.36. The van der Waals surface area contributed by atoms with Crippen LogP contribution in [0.5, 0.6) is 0 Å². The number of carbonyl (C=O) groups is 2. The number of benzene rings is 2. The Hall–Kier alpha value is -2.97. The van der Waals surface area contributed by atoms with Crippen molar-refractivity contribution in [2.24, 2.45) is 11.1 Å². The Morgan fingerprint density at radius 2 is 1.50 bits per heavy atom. The van der Waals surface area contributed by atoms with Gasteiger partial charge in [-0.3, -0.25) is 9.59 Å². The summed E-state index contributed by atoms with van der Waals surface area (Å²) < 4.78 is 23.1. The van der Waals surface area contributed by atoms with E-state index in [4.69, 9.17) is 5.14 Å². The second-order valence-electron chi connectivity index (χ2n) is 7.74. The maximum Gasteiger partial charge on any atom is 0.282 e. The minimum atomic E-state index is -3.86. The highest BCUT2D eigenvalue weighted by atomic mass is 32.2. The summed E-state index contributed by atoms with van der Waals surface area (Å²) in [4.78, 5) is 29.9. The molecule has 2 aliphatic heterocycles. The number of piperidine rings is 1. The molecule has 2 heterocycles. The van der Waals surface area contributed by atoms with Gasteiger partial charge in [-0.25, -0.2) is 18.5 Å². The molecule has 0 spiro atoms. The van der Waals surface area contributed by atoms with Crippen LogP contribution in [0.1, 0.15) is 25.3 Å². The van der Waals surface area contributed by atoms with E-state index in [1.807, 2.05) is 35.2 Å². The maximum atomic E-state index is 13.4. The lowest BCUT2D eigenvalue weighted by Gasteiger charge is -2.32. The molecule has 0 bridgehead atoms. The van der Waals surface area contributed by atoms with Crippen LogP contribution in [0.3, 0.4) is 0 Å². The van der Waals surface area contributed by atoms with Crippen molar-refractivity contribution in [2.75, 3.05) is 18.0 Å². The Kier molecular flexibility index (Phi) is 5.21. The van der Waals surface area contributed by atoms with Crippen molar-refractivity contribution in [3.63, 3.8) is 0 Å². The third kappa shape index (κ3) is 3.64. The number of likely N-dealkylation sites (tertiary alicyclic amines) is 1. The van der Waals surface area contributed by atoms with Crippen molar-refractivity contribution < 1.29 is 18.0 Å². The summed E-state index contributed by atoms with van der Waals surface area (Å²) in [5, 5.41) is 5.15. The van der Waals surface area contributed by atoms with Crippen molar-refractivity contribution in [3.05, 3.63) is 65.9 Å². The van der Waals surface area contributed by atoms with Crippen LogP contribution in [0.4, 0.5) is 5.69 Å². The fraction of sp³-hybridized carbons (Fsp3) is 0.273. The molecule has 7 nitrogen and oxygen atoms in total. The van der Waals surface area contributed by atoms with Gasteiger partial charge in [-0.1, -0.05) is 37.3 Å². The van der Waals surface area contributed by atoms with Gasteiger partial charge in [-0.15, -0.1) is 0 Å². The zero-order valence-electron chi connectivity index (χ0n) is 16.6. The van der Waals surface area contributed by atoms with Gasteiger partial charge in [0.1, 0.15) is 5.70 Å². The van der Waals surface area contributed by atoms with Crippen LogP contribution in [0.2, 0.25) is 0 Å². The number of hydrogen-bond donors (Lipinski definition) is 1. The Morgan fingerprint density at radius 3 is 2.07 bits per heavy atom. The number of carbonyl (C=O) groups excluding carboxylic acids is 2. The van der Waals surface area contributed by atoms with E-state index in [1.165, 1.54) is 24.3 Å². The number of nitrogens with two attached hydrogens (primary N) is 1. The van der Waals surface area contributed by atoms with Crippen molar-refractivity contribution in [1.82, 2.24) is 4.90 Å². The van der Waals surface area contributed by atoms with Gasteiger partial charge < -0.3 is 4.90 Å². The summed E-state index contributed by atoms with van der Waals surface area (Å²) in [5.74, 6) is -0.226. The van der Waals surface area contributed by atoms with Crippen molar-refractivity contribution in [1.29, 1.82) is 0 Å². The lowest BCUT2D eigenvalue weighted by atomic mass is 9.97. The third-order valence-electron chi connectivity index (χ3n) is 5.65. The lowest BCUT2D eigenvalue weighted by molar-refractivity contribution is -0.120. The first-order chi connectivity index (χ1) is 14.3. The van der Waals surface area contributed by atoms with Crippen LogP contribution < -0.4 is 10.0 Å². The van der Waals surface area contributed by atoms with Crippen LogP contribution in [0.25, 0.3) is 5.57 Å². The third-order valence-corrected chi connectivity index (χ3v) is 6.57. The van der Waals surface area contributed by atoms with E-state index >= 15 is 0 Å². The average Bonchev–Trinajstić information content (AvgIpc) is 2.99. The van der Waals surface area contributed by atoms with Crippen LogP contribution in [-0.4, -0.2) is 38.2 Å². The SMILES string of the molecule is CC1CCN(C2=C(c3ccccc3)C(=O)N(c3ccc(S(N)(=O)=O)cc3)C2=O)CC1. The molecule has 4 rings (SSSR count). The normalized spacial score (nSPS) is 18.5. The molecule has 8 heteroatoms. The fourth-order valence-corrected chi connectivity index (χ4v) is 4.44. The van der Waals surface area contributed by atoms with E-state index in [0.717, 1.165) is 17.7 Å². The summed E-state index contributed by atoms with van der Waals surface area (Å²) in [5.41, 5.74) is 1.79. The Balaban J connectivity index is 1.76. The molecule has 0 saturated carbocycles. The summed E-state index contributed by atoms with van der Waals surface area (Å²) in [6.45, 7) is 3.61. The first-order valence-electron chi connectivity index (χ1n) is 9.83. The van der Waals surface area contributed by atoms with Crippen LogP contribution >= 0.6 is 0 Å². The maximum absolute atomic E-state index is 13.4. The first kappa shape index (κ1) is 20.3. The summed E-state index contributed by atoms with van der Waals surface area (Å²) in [7, 11) is -3.86. The summed E-state index contributed by atoms with van der Waals surface area (Å²) >= 11 is 0. The largest absolute Gasteiger partial charge is 0.366 e. The number of primary sulfonamides is 1. The smallest absolute Gasteiger partial charge is 0.282 e. The van der Waals surface area contributed by atoms with Crippen molar-refractivity contribution in [3.8, 4) is 0 Å². The molecular formula is C22H23N3O4S. The van der Waals surface area contributed by atoms with Gasteiger partial charge in [0, 0.05) is 13.1 Å². The van der Waals surface area contributed by atoms with E-state index in [1.54, 1.807) is 0 Å². The van der Waals surface area contributed by atoms with E-state index in [-0.39, 0.29) is 4.90 Å². The second-order valence-corrected chi connectivity index (χ2v) is 9.31. The number of anilines is 1. The average molecular weight is 426 g/mol. The number of sulfonamides is 1. The predicted octanol–water partition coefficient (Wildman–Crippen LogP) is 2.35. The molecule has 30 heavy (non-hydrogen) atoms. The summed E-state index contributed by atoms with van der Waals surface area (Å²) in [6, 6.07) is 14.6. The zero-order chi connectivity index (χ0) is 21.5. The van der Waals surface area contributed by atoms with E-state index in [2.05, 4.69) is 6.92 Å². The molecule has 2 amide bonds. The molecule has 2 aromatic rings. The Labute approximate surface area is 175 Å². The molecular weight excluding hydrogens is 402 g/mol. The number of hydrogen-bond acceptors (Lipinski definition) is 5. The first-order valence-corrected chi connectivity index (χ1v) is 11.4. The number of imide groups is 1. The molecule has 0 radical (unpaired) electrons. The minimum Gasteiger partial charge on any atom is -0.366 e. The fourth-order valence-electron chi connectivity index (χ4n) is 3.93. The Morgan fingerprint density at radius 1 is 0.900 bits per heavy atom. The summed E-state index contributed by atoms with van der Waals surface area (Å²) in [6.07, 6.45) is 1.91. The van der Waals surface area contributed by atoms with Crippen molar-refractivity contribution >= 4 is 33.1 Å². The van der Waals surface area contributed by atoms with Gasteiger partial charge in [0.05, 0.1) is 16.2 Å². The standard InChI is InChI=1S/C22H23N3O4S/c1-15-11-13-24(14-12-15)20-19(16-5-3-2-4-6-16)21(26)25(22(20)27)17-7-9-18(10-8-17)30(23,28)29/h2-10,15H,11-14H2,1H3,(H2,23,28,29). The minimum absolute atomic E-state index is 0.0770. The van der Waals surface area contributed by atoms with Gasteiger partial charge in [0.2, 0.25) is 10.0 Å². The van der Waals surface area contributed by atoms with Gasteiger partial charge in [-0.2, -0.15) is 0 Å². The number of amides is 2. The molecule has 0 aliphatic carbocycles. The van der Waals surface area contributed by atoms with Gasteiger partial charge in [0.25, 0.3) is 11.8 Å². The number of rotatable bonds is 4. The van der Waals surface area contributed by atoms with E-state index < -0.39 is 21.8 Å². The lowest BCUT2D eigenvalue weighted by Crippen LogP contribution is -2.38. The molecule has 156 valence electrons. The molecule has 0 unspecified atom stereocenters. The molecule has 2 aromatic carbocycles. The molecule has 1 saturated heterocycles. The Bertz CT molecular complexity index is 1120. The highest BCUT2D eigenvalue weighted by molar-refractivity contribution is 7.89. The predicted molar refractivity (Wildman–Crippen MR) is 114 cm³/mol. The van der Waals surface area contributed by atoms with E-state index in [9.17, 15) is 18.0 Å². The topological polar surface area (TPSA) is 101 Å². The van der Waals surface area contributed by atoms with E-state index in [0.29, 0.717) is 41.5 Å². The molecule has 0 aromatic heterocycles. The van der Waals surface area contributed by atoms with Crippen LogP contribution in [0, 0.1) is 5.92 Å². The quantitative estimate of drug-likeness (QED) is 0.758. The van der Waals surface area contributed by atoms with Crippen LogP contribution in [-0.2, 0) is 19.6 Å². The number of nitrogens with zero attached hydrogens (tertiary/aromatic N) is 2. The van der Waals surface area contributed by atoms with Gasteiger partial charge >= 0.3 is 0 Å². The monoisotopic (exact) mass is 425 g/mol. The van der Waals surface area contributed by atoms with Crippen LogP contribution in [0.15, 0.2) is 65.2 Å². The van der Waals surface area contributed by atoms with Gasteiger partial charge in [-0.05, 0) is 48.6 Å².